The summed E-state index contributed by atoms with van der Waals surface area (Å²) >= 11 is 1.26. The molecule has 13 nitrogen and oxygen atoms in total. The highest BCUT2D eigenvalue weighted by atomic mass is 32.1. The summed E-state index contributed by atoms with van der Waals surface area (Å²) in [6.45, 7) is -0.437. The fourth-order valence-corrected chi connectivity index (χ4v) is 4.48. The highest BCUT2D eigenvalue weighted by Gasteiger charge is 2.29. The number of ether oxygens (including phenoxy) is 2. The van der Waals surface area contributed by atoms with Crippen LogP contribution in [-0.2, 0) is 20.0 Å². The topological polar surface area (TPSA) is 148 Å². The van der Waals surface area contributed by atoms with Gasteiger partial charge in [0.05, 0.1) is 32.1 Å². The Kier molecular flexibility index (Phi) is 7.33. The lowest BCUT2D eigenvalue weighted by Gasteiger charge is -2.27. The number of nitrogens with zero attached hydrogens (tertiary/aromatic N) is 6. The fraction of sp³-hybridized carbons (Fsp3) is 0.400. The number of anilines is 3. The maximum atomic E-state index is 12.6. The van der Waals surface area contributed by atoms with Gasteiger partial charge in [-0.15, -0.1) is 0 Å². The maximum Gasteiger partial charge on any atom is 0.405 e. The van der Waals surface area contributed by atoms with Crippen LogP contribution in [0.15, 0.2) is 12.3 Å². The summed E-state index contributed by atoms with van der Waals surface area (Å²) in [5.74, 6) is -0.100. The van der Waals surface area contributed by atoms with Gasteiger partial charge in [0, 0.05) is 37.2 Å². The Morgan fingerprint density at radius 3 is 2.65 bits per heavy atom. The lowest BCUT2D eigenvalue weighted by atomic mass is 10.2. The molecule has 37 heavy (non-hydrogen) atoms. The monoisotopic (exact) mass is 541 g/mol. The van der Waals surface area contributed by atoms with E-state index >= 15 is 0 Å². The Labute approximate surface area is 212 Å². The smallest absolute Gasteiger partial charge is 0.405 e. The highest BCUT2D eigenvalue weighted by Crippen LogP contribution is 2.31. The molecule has 17 heteroatoms. The molecular formula is C20H22F3N9O4S. The number of aryl methyl sites for hydroxylation is 1. The molecule has 0 saturated carbocycles. The molecular weight excluding hydrogens is 519 g/mol. The number of hydrogen-bond acceptors (Lipinski definition) is 10. The van der Waals surface area contributed by atoms with Gasteiger partial charge in [-0.25, -0.2) is 9.78 Å². The van der Waals surface area contributed by atoms with Gasteiger partial charge in [0.25, 0.3) is 5.91 Å². The molecule has 0 spiro atoms. The molecule has 3 N–H and O–H groups in total. The molecule has 3 amide bonds. The first-order chi connectivity index (χ1) is 17.5. The second-order valence-electron chi connectivity index (χ2n) is 7.76. The summed E-state index contributed by atoms with van der Waals surface area (Å²) in [6, 6.07) is 1.13. The van der Waals surface area contributed by atoms with Crippen molar-refractivity contribution in [2.75, 3.05) is 42.8 Å². The van der Waals surface area contributed by atoms with E-state index in [-0.39, 0.29) is 17.4 Å². The van der Waals surface area contributed by atoms with Gasteiger partial charge >= 0.3 is 18.2 Å². The summed E-state index contributed by atoms with van der Waals surface area (Å²) in [4.78, 5) is 40.5. The van der Waals surface area contributed by atoms with Crippen LogP contribution in [0.2, 0.25) is 0 Å². The number of aromatic nitrogens is 5. The van der Waals surface area contributed by atoms with E-state index < -0.39 is 24.7 Å². The van der Waals surface area contributed by atoms with Crippen LogP contribution in [0, 0.1) is 0 Å². The van der Waals surface area contributed by atoms with Crippen molar-refractivity contribution in [2.45, 2.75) is 19.1 Å². The number of nitrogens with one attached hydrogen (secondary N) is 3. The minimum atomic E-state index is -4.58. The molecule has 1 aliphatic rings. The Morgan fingerprint density at radius 2 is 1.95 bits per heavy atom. The zero-order chi connectivity index (χ0) is 26.7. The SMILES string of the molecule is COc1cc(N2CCc3nc(NC(=O)Nc4cn(C)nc4C(=O)NCC(F)(F)F)sc3C2)nc(OC)n1. The van der Waals surface area contributed by atoms with E-state index in [1.54, 1.807) is 11.4 Å². The van der Waals surface area contributed by atoms with Gasteiger partial charge in [-0.05, 0) is 0 Å². The van der Waals surface area contributed by atoms with Crippen LogP contribution in [0.1, 0.15) is 21.1 Å². The molecule has 3 aromatic heterocycles. The predicted octanol–water partition coefficient (Wildman–Crippen LogP) is 2.18. The largest absolute Gasteiger partial charge is 0.481 e. The average molecular weight is 542 g/mol. The number of carbonyl (C=O) groups is 2. The van der Waals surface area contributed by atoms with Crippen LogP contribution in [0.4, 0.5) is 34.6 Å². The summed E-state index contributed by atoms with van der Waals surface area (Å²) in [6.07, 6.45) is -2.69. The molecule has 0 atom stereocenters. The molecule has 4 rings (SSSR count). The molecule has 0 aliphatic carbocycles. The molecule has 1 aliphatic heterocycles. The van der Waals surface area contributed by atoms with Crippen LogP contribution < -0.4 is 30.3 Å². The van der Waals surface area contributed by atoms with E-state index in [1.165, 1.54) is 43.5 Å². The first kappa shape index (κ1) is 25.9. The van der Waals surface area contributed by atoms with Crippen LogP contribution in [0.3, 0.4) is 0 Å². The van der Waals surface area contributed by atoms with Gasteiger partial charge < -0.3 is 25.0 Å². The van der Waals surface area contributed by atoms with Crippen molar-refractivity contribution in [2.24, 2.45) is 7.05 Å². The summed E-state index contributed by atoms with van der Waals surface area (Å²) < 4.78 is 48.8. The molecule has 0 unspecified atom stereocenters. The fourth-order valence-electron chi connectivity index (χ4n) is 3.46. The van der Waals surface area contributed by atoms with E-state index in [4.69, 9.17) is 9.47 Å². The third-order valence-corrected chi connectivity index (χ3v) is 6.08. The van der Waals surface area contributed by atoms with Crippen LogP contribution in [0.25, 0.3) is 0 Å². The number of carbonyl (C=O) groups excluding carboxylic acids is 2. The number of alkyl halides is 3. The molecule has 0 saturated heterocycles. The number of amides is 3. The van der Waals surface area contributed by atoms with Crippen molar-refractivity contribution < 1.29 is 32.2 Å². The van der Waals surface area contributed by atoms with Crippen molar-refractivity contribution in [3.8, 4) is 11.9 Å². The Morgan fingerprint density at radius 1 is 1.16 bits per heavy atom. The molecule has 0 bridgehead atoms. The number of urea groups is 1. The third-order valence-electron chi connectivity index (χ3n) is 5.08. The van der Waals surface area contributed by atoms with Crippen molar-refractivity contribution >= 4 is 39.9 Å². The van der Waals surface area contributed by atoms with Crippen LogP contribution in [-0.4, -0.2) is 70.2 Å². The van der Waals surface area contributed by atoms with Crippen molar-refractivity contribution in [1.29, 1.82) is 0 Å². The maximum absolute atomic E-state index is 12.6. The number of methoxy groups -OCH3 is 2. The third kappa shape index (κ3) is 6.35. The number of rotatable bonds is 7. The van der Waals surface area contributed by atoms with Crippen molar-refractivity contribution in [3.05, 3.63) is 28.5 Å². The number of halogens is 3. The van der Waals surface area contributed by atoms with E-state index in [2.05, 4.69) is 30.7 Å². The van der Waals surface area contributed by atoms with Gasteiger partial charge in [0.2, 0.25) is 5.88 Å². The van der Waals surface area contributed by atoms with Gasteiger partial charge in [0.15, 0.2) is 10.8 Å². The van der Waals surface area contributed by atoms with Crippen LogP contribution >= 0.6 is 11.3 Å². The number of thiazole rings is 1. The van der Waals surface area contributed by atoms with Crippen LogP contribution in [0.5, 0.6) is 11.9 Å². The van der Waals surface area contributed by atoms with Gasteiger partial charge in [-0.2, -0.15) is 28.2 Å². The average Bonchev–Trinajstić information content (AvgIpc) is 3.42. The standard InChI is InChI=1S/C20H22F3N9O4S/c1-31-7-11(15(30-31)16(33)24-9-20(21,22)23)25-17(34)29-19-26-10-4-5-32(8-12(10)37-19)13-6-14(35-2)28-18(27-13)36-3/h6-7H,4-5,8-9H2,1-3H3,(H,24,33)(H2,25,26,29,34). The Bertz CT molecular complexity index is 1290. The minimum absolute atomic E-state index is 0.0566. The van der Waals surface area contributed by atoms with E-state index in [0.29, 0.717) is 36.3 Å². The first-order valence-corrected chi connectivity index (χ1v) is 11.5. The van der Waals surface area contributed by atoms with Gasteiger partial charge in [-0.3, -0.25) is 14.8 Å². The van der Waals surface area contributed by atoms with Gasteiger partial charge in [-0.1, -0.05) is 11.3 Å². The summed E-state index contributed by atoms with van der Waals surface area (Å²) in [5.41, 5.74) is 0.406. The zero-order valence-corrected chi connectivity index (χ0v) is 20.7. The quantitative estimate of drug-likeness (QED) is 0.409. The predicted molar refractivity (Wildman–Crippen MR) is 126 cm³/mol. The molecule has 0 aromatic carbocycles. The lowest BCUT2D eigenvalue weighted by Crippen LogP contribution is -2.34. The van der Waals surface area contributed by atoms with E-state index in [1.807, 2.05) is 4.90 Å². The summed E-state index contributed by atoms with van der Waals surface area (Å²) in [7, 11) is 4.42. The molecule has 0 fully saturated rings. The zero-order valence-electron chi connectivity index (χ0n) is 19.8. The normalized spacial score (nSPS) is 13.1. The number of fused-ring (bicyclic) bond motifs is 1. The minimum Gasteiger partial charge on any atom is -0.481 e. The van der Waals surface area contributed by atoms with E-state index in [9.17, 15) is 22.8 Å². The second kappa shape index (κ2) is 10.5. The lowest BCUT2D eigenvalue weighted by molar-refractivity contribution is -0.123. The Balaban J connectivity index is 1.42. The molecule has 198 valence electrons. The highest BCUT2D eigenvalue weighted by molar-refractivity contribution is 7.15. The molecule has 4 heterocycles. The van der Waals surface area contributed by atoms with Crippen molar-refractivity contribution in [3.63, 3.8) is 0 Å². The molecule has 3 aromatic rings. The molecule has 0 radical (unpaired) electrons. The van der Waals surface area contributed by atoms with E-state index in [0.717, 1.165) is 10.6 Å². The Hall–Kier alpha value is -4.15. The van der Waals surface area contributed by atoms with Gasteiger partial charge in [0.1, 0.15) is 12.4 Å². The summed E-state index contributed by atoms with van der Waals surface area (Å²) in [5, 5.41) is 10.9. The van der Waals surface area contributed by atoms with Crippen molar-refractivity contribution in [1.82, 2.24) is 30.0 Å². The number of hydrogen-bond donors (Lipinski definition) is 3. The second-order valence-corrected chi connectivity index (χ2v) is 8.84. The first-order valence-electron chi connectivity index (χ1n) is 10.7.